The fraction of sp³-hybridized carbons (Fsp3) is 0.389. The maximum absolute atomic E-state index is 10.7. The van der Waals surface area contributed by atoms with Crippen molar-refractivity contribution in [3.05, 3.63) is 64.3 Å². The molecule has 5 nitrogen and oxygen atoms in total. The molecule has 1 saturated heterocycles. The highest BCUT2D eigenvalue weighted by atomic mass is 16.6. The molecule has 1 fully saturated rings. The first-order chi connectivity index (χ1) is 11.2. The van der Waals surface area contributed by atoms with Crippen LogP contribution in [0.15, 0.2) is 48.7 Å². The lowest BCUT2D eigenvalue weighted by Crippen LogP contribution is -2.29. The lowest BCUT2D eigenvalue weighted by atomic mass is 10.0. The molecule has 2 aromatic rings. The van der Waals surface area contributed by atoms with Crippen molar-refractivity contribution < 1.29 is 4.92 Å². The van der Waals surface area contributed by atoms with Crippen LogP contribution in [-0.2, 0) is 6.42 Å². The molecule has 0 amide bonds. The van der Waals surface area contributed by atoms with Gasteiger partial charge in [0.2, 0.25) is 0 Å². The van der Waals surface area contributed by atoms with Gasteiger partial charge in [0.15, 0.2) is 0 Å². The maximum Gasteiger partial charge on any atom is 0.287 e. The van der Waals surface area contributed by atoms with Gasteiger partial charge in [0.25, 0.3) is 5.69 Å². The largest absolute Gasteiger partial charge is 0.354 e. The molecule has 5 heteroatoms. The summed E-state index contributed by atoms with van der Waals surface area (Å²) in [6.45, 7) is 0.987. The number of nitro groups is 1. The van der Waals surface area contributed by atoms with Gasteiger partial charge in [-0.05, 0) is 43.7 Å². The summed E-state index contributed by atoms with van der Waals surface area (Å²) in [5.74, 6) is 0.859. The molecule has 23 heavy (non-hydrogen) atoms. The highest BCUT2D eigenvalue weighted by Gasteiger charge is 2.25. The molecular weight excluding hydrogens is 290 g/mol. The summed E-state index contributed by atoms with van der Waals surface area (Å²) in [6.07, 6.45) is 7.07. The van der Waals surface area contributed by atoms with Crippen LogP contribution < -0.4 is 4.90 Å². The van der Waals surface area contributed by atoms with E-state index < -0.39 is 4.92 Å². The van der Waals surface area contributed by atoms with E-state index in [1.165, 1.54) is 18.2 Å². The number of aromatic nitrogens is 1. The Morgan fingerprint density at radius 1 is 1.22 bits per heavy atom. The molecule has 0 spiro atoms. The van der Waals surface area contributed by atoms with Crippen LogP contribution in [-0.4, -0.2) is 22.5 Å². The first kappa shape index (κ1) is 15.5. The minimum Gasteiger partial charge on any atom is -0.354 e. The zero-order chi connectivity index (χ0) is 16.1. The third-order valence-corrected chi connectivity index (χ3v) is 4.46. The summed E-state index contributed by atoms with van der Waals surface area (Å²) in [5, 5.41) is 10.7. The maximum atomic E-state index is 10.7. The topological polar surface area (TPSA) is 59.3 Å². The summed E-state index contributed by atoms with van der Waals surface area (Å²) < 4.78 is 0. The number of anilines is 1. The smallest absolute Gasteiger partial charge is 0.287 e. The van der Waals surface area contributed by atoms with Gasteiger partial charge in [0, 0.05) is 18.7 Å². The van der Waals surface area contributed by atoms with Crippen LogP contribution in [0, 0.1) is 10.1 Å². The first-order valence-corrected chi connectivity index (χ1v) is 8.15. The third-order valence-electron chi connectivity index (χ3n) is 4.46. The van der Waals surface area contributed by atoms with E-state index in [1.54, 1.807) is 12.1 Å². The summed E-state index contributed by atoms with van der Waals surface area (Å²) in [5.41, 5.74) is 1.43. The molecule has 0 bridgehead atoms. The number of pyridine rings is 1. The van der Waals surface area contributed by atoms with Gasteiger partial charge in [-0.1, -0.05) is 30.3 Å². The normalized spacial score (nSPS) is 17.4. The quantitative estimate of drug-likeness (QED) is 0.598. The van der Waals surface area contributed by atoms with Crippen molar-refractivity contribution in [1.29, 1.82) is 0 Å². The van der Waals surface area contributed by atoms with Crippen molar-refractivity contribution in [2.24, 2.45) is 0 Å². The number of aryl methyl sites for hydroxylation is 1. The van der Waals surface area contributed by atoms with Gasteiger partial charge in [-0.2, -0.15) is 0 Å². The summed E-state index contributed by atoms with van der Waals surface area (Å²) in [6, 6.07) is 14.4. The van der Waals surface area contributed by atoms with Crippen molar-refractivity contribution in [2.75, 3.05) is 11.4 Å². The van der Waals surface area contributed by atoms with Crippen LogP contribution in [0.3, 0.4) is 0 Å². The van der Waals surface area contributed by atoms with Crippen LogP contribution >= 0.6 is 0 Å². The molecule has 1 aromatic carbocycles. The average Bonchev–Trinajstić information content (AvgIpc) is 3.04. The predicted octanol–water partition coefficient (Wildman–Crippen LogP) is 3.98. The summed E-state index contributed by atoms with van der Waals surface area (Å²) in [7, 11) is 0. The minimum atomic E-state index is -0.405. The molecule has 1 aliphatic heterocycles. The number of hydrogen-bond donors (Lipinski definition) is 0. The fourth-order valence-electron chi connectivity index (χ4n) is 3.28. The number of hydrogen-bond acceptors (Lipinski definition) is 4. The second kappa shape index (κ2) is 7.22. The highest BCUT2D eigenvalue weighted by molar-refractivity contribution is 5.44. The van der Waals surface area contributed by atoms with Crippen LogP contribution in [0.5, 0.6) is 0 Å². The van der Waals surface area contributed by atoms with Crippen molar-refractivity contribution in [3.63, 3.8) is 0 Å². The van der Waals surface area contributed by atoms with Gasteiger partial charge in [-0.15, -0.1) is 0 Å². The van der Waals surface area contributed by atoms with Crippen LogP contribution in [0.25, 0.3) is 0 Å². The van der Waals surface area contributed by atoms with E-state index in [0.717, 1.165) is 38.0 Å². The van der Waals surface area contributed by atoms with E-state index in [2.05, 4.69) is 34.1 Å². The standard InChI is InChI=1S/C18H21N3O2/c22-21(23)17-11-12-18(19-14-17)20-13-5-10-16(20)9-4-8-15-6-2-1-3-7-15/h1-3,6-7,11-12,14,16H,4-5,8-10,13H2. The lowest BCUT2D eigenvalue weighted by Gasteiger charge is -2.25. The average molecular weight is 311 g/mol. The van der Waals surface area contributed by atoms with Gasteiger partial charge >= 0.3 is 0 Å². The van der Waals surface area contributed by atoms with Gasteiger partial charge in [0.05, 0.1) is 4.92 Å². The fourth-order valence-corrected chi connectivity index (χ4v) is 3.28. The molecule has 1 atom stereocenters. The van der Waals surface area contributed by atoms with Gasteiger partial charge in [-0.25, -0.2) is 4.98 Å². The zero-order valence-corrected chi connectivity index (χ0v) is 13.1. The Kier molecular flexibility index (Phi) is 4.86. The molecule has 0 radical (unpaired) electrons. The van der Waals surface area contributed by atoms with E-state index in [9.17, 15) is 10.1 Å². The molecule has 0 saturated carbocycles. The second-order valence-electron chi connectivity index (χ2n) is 6.00. The van der Waals surface area contributed by atoms with E-state index in [4.69, 9.17) is 0 Å². The summed E-state index contributed by atoms with van der Waals surface area (Å²) in [4.78, 5) is 16.9. The molecule has 1 unspecified atom stereocenters. The SMILES string of the molecule is O=[N+]([O-])c1ccc(N2CCCC2CCCc2ccccc2)nc1. The minimum absolute atomic E-state index is 0.0496. The molecule has 0 N–H and O–H groups in total. The molecule has 0 aliphatic carbocycles. The summed E-state index contributed by atoms with van der Waals surface area (Å²) >= 11 is 0. The molecule has 120 valence electrons. The predicted molar refractivity (Wildman–Crippen MR) is 90.6 cm³/mol. The van der Waals surface area contributed by atoms with Gasteiger partial charge in [-0.3, -0.25) is 10.1 Å². The lowest BCUT2D eigenvalue weighted by molar-refractivity contribution is -0.385. The molecule has 1 aromatic heterocycles. The molecule has 3 rings (SSSR count). The van der Waals surface area contributed by atoms with E-state index >= 15 is 0 Å². The Morgan fingerprint density at radius 3 is 2.74 bits per heavy atom. The second-order valence-corrected chi connectivity index (χ2v) is 6.00. The molecule has 1 aliphatic rings. The Balaban J connectivity index is 1.58. The van der Waals surface area contributed by atoms with Crippen molar-refractivity contribution in [1.82, 2.24) is 4.98 Å². The Morgan fingerprint density at radius 2 is 2.04 bits per heavy atom. The van der Waals surface area contributed by atoms with E-state index in [1.807, 2.05) is 6.07 Å². The number of nitrogens with zero attached hydrogens (tertiary/aromatic N) is 3. The van der Waals surface area contributed by atoms with Crippen LogP contribution in [0.4, 0.5) is 11.5 Å². The monoisotopic (exact) mass is 311 g/mol. The zero-order valence-electron chi connectivity index (χ0n) is 13.1. The van der Waals surface area contributed by atoms with Crippen molar-refractivity contribution >= 4 is 11.5 Å². The Bertz CT molecular complexity index is 643. The van der Waals surface area contributed by atoms with E-state index in [-0.39, 0.29) is 5.69 Å². The van der Waals surface area contributed by atoms with Crippen molar-refractivity contribution in [3.8, 4) is 0 Å². The van der Waals surface area contributed by atoms with E-state index in [0.29, 0.717) is 6.04 Å². The first-order valence-electron chi connectivity index (χ1n) is 8.15. The van der Waals surface area contributed by atoms with Crippen LogP contribution in [0.1, 0.15) is 31.2 Å². The Hall–Kier alpha value is -2.43. The Labute approximate surface area is 136 Å². The highest BCUT2D eigenvalue weighted by Crippen LogP contribution is 2.28. The van der Waals surface area contributed by atoms with Crippen LogP contribution in [0.2, 0.25) is 0 Å². The molecule has 2 heterocycles. The molecular formula is C18H21N3O2. The number of rotatable bonds is 6. The third kappa shape index (κ3) is 3.86. The van der Waals surface area contributed by atoms with Gasteiger partial charge < -0.3 is 4.90 Å². The van der Waals surface area contributed by atoms with Gasteiger partial charge in [0.1, 0.15) is 12.0 Å². The van der Waals surface area contributed by atoms with Crippen molar-refractivity contribution in [2.45, 2.75) is 38.1 Å². The number of benzene rings is 1.